The minimum Gasteiger partial charge on any atom is -0.476 e. The van der Waals surface area contributed by atoms with Gasteiger partial charge < -0.3 is 15.7 Å². The fraction of sp³-hybridized carbons (Fsp3) is 0.643. The van der Waals surface area contributed by atoms with Crippen LogP contribution in [0.25, 0.3) is 0 Å². The molecule has 0 radical (unpaired) electrons. The van der Waals surface area contributed by atoms with Crippen LogP contribution in [0.5, 0.6) is 0 Å². The molecule has 21 heavy (non-hydrogen) atoms. The zero-order valence-electron chi connectivity index (χ0n) is 12.7. The molecule has 2 amide bonds. The molecular formula is C14H23N3O3S. The van der Waals surface area contributed by atoms with Gasteiger partial charge in [-0.15, -0.1) is 11.3 Å². The molecule has 0 fully saturated rings. The second-order valence-electron chi connectivity index (χ2n) is 5.11. The number of hydrogen-bond acceptors (Lipinski definition) is 4. The van der Waals surface area contributed by atoms with Crippen molar-refractivity contribution >= 4 is 23.3 Å². The number of urea groups is 1. The third kappa shape index (κ3) is 6.12. The average Bonchev–Trinajstić information content (AvgIpc) is 2.88. The van der Waals surface area contributed by atoms with Crippen LogP contribution in [-0.2, 0) is 0 Å². The molecule has 3 N–H and O–H groups in total. The Morgan fingerprint density at radius 2 is 2.05 bits per heavy atom. The van der Waals surface area contributed by atoms with Crippen molar-refractivity contribution < 1.29 is 14.7 Å². The predicted octanol–water partition coefficient (Wildman–Crippen LogP) is 3.17. The molecular weight excluding hydrogens is 290 g/mol. The van der Waals surface area contributed by atoms with Crippen LogP contribution in [-0.4, -0.2) is 28.1 Å². The highest BCUT2D eigenvalue weighted by Crippen LogP contribution is 2.17. The second-order valence-corrected chi connectivity index (χ2v) is 6.00. The number of carboxylic acid groups (broad SMARTS) is 1. The third-order valence-corrected chi connectivity index (χ3v) is 4.10. The Balaban J connectivity index is 2.40. The predicted molar refractivity (Wildman–Crippen MR) is 82.8 cm³/mol. The standard InChI is InChI=1S/C14H23N3O3S/c1-4-5-6-7-9(2)15-14(20)16-10(3)12-17-11(8-21-12)13(18)19/h8-10H,4-7H2,1-3H3,(H,18,19)(H2,15,16,20). The molecule has 0 saturated heterocycles. The Bertz CT molecular complexity index is 476. The van der Waals surface area contributed by atoms with Gasteiger partial charge in [-0.05, 0) is 20.3 Å². The highest BCUT2D eigenvalue weighted by atomic mass is 32.1. The smallest absolute Gasteiger partial charge is 0.355 e. The molecule has 7 heteroatoms. The first-order valence-corrected chi connectivity index (χ1v) is 8.07. The first kappa shape index (κ1) is 17.4. The summed E-state index contributed by atoms with van der Waals surface area (Å²) in [5, 5.41) is 16.5. The number of thiazole rings is 1. The van der Waals surface area contributed by atoms with Crippen molar-refractivity contribution in [3.8, 4) is 0 Å². The number of aromatic nitrogens is 1. The number of rotatable bonds is 8. The summed E-state index contributed by atoms with van der Waals surface area (Å²) < 4.78 is 0. The van der Waals surface area contributed by atoms with Crippen LogP contribution in [0.2, 0.25) is 0 Å². The van der Waals surface area contributed by atoms with Crippen molar-refractivity contribution in [2.24, 2.45) is 0 Å². The molecule has 1 rings (SSSR count). The zero-order valence-corrected chi connectivity index (χ0v) is 13.5. The molecule has 0 spiro atoms. The Labute approximate surface area is 129 Å². The van der Waals surface area contributed by atoms with Crippen molar-refractivity contribution in [3.63, 3.8) is 0 Å². The lowest BCUT2D eigenvalue weighted by Gasteiger charge is -2.17. The van der Waals surface area contributed by atoms with Gasteiger partial charge in [0.25, 0.3) is 0 Å². The Hall–Kier alpha value is -1.63. The lowest BCUT2D eigenvalue weighted by molar-refractivity contribution is 0.0691. The first-order valence-electron chi connectivity index (χ1n) is 7.19. The minimum absolute atomic E-state index is 0.0111. The van der Waals surface area contributed by atoms with Gasteiger partial charge in [0.2, 0.25) is 0 Å². The fourth-order valence-electron chi connectivity index (χ4n) is 1.88. The number of amides is 2. The van der Waals surface area contributed by atoms with E-state index in [1.807, 2.05) is 6.92 Å². The van der Waals surface area contributed by atoms with Gasteiger partial charge >= 0.3 is 12.0 Å². The number of nitrogens with one attached hydrogen (secondary N) is 2. The molecule has 0 aromatic carbocycles. The molecule has 0 aliphatic heterocycles. The van der Waals surface area contributed by atoms with E-state index in [9.17, 15) is 9.59 Å². The van der Waals surface area contributed by atoms with E-state index in [2.05, 4.69) is 22.5 Å². The zero-order chi connectivity index (χ0) is 15.8. The number of carbonyl (C=O) groups excluding carboxylic acids is 1. The molecule has 1 aromatic heterocycles. The van der Waals surface area contributed by atoms with Crippen LogP contribution in [0.3, 0.4) is 0 Å². The van der Waals surface area contributed by atoms with Crippen molar-refractivity contribution in [2.45, 2.75) is 58.5 Å². The maximum absolute atomic E-state index is 11.8. The third-order valence-electron chi connectivity index (χ3n) is 3.08. The SMILES string of the molecule is CCCCCC(C)NC(=O)NC(C)c1nc(C(=O)O)cs1. The van der Waals surface area contributed by atoms with Crippen molar-refractivity contribution in [3.05, 3.63) is 16.1 Å². The van der Waals surface area contributed by atoms with Crippen LogP contribution < -0.4 is 10.6 Å². The van der Waals surface area contributed by atoms with Crippen LogP contribution in [0.1, 0.15) is 68.0 Å². The number of nitrogens with zero attached hydrogens (tertiary/aromatic N) is 1. The van der Waals surface area contributed by atoms with E-state index in [1.165, 1.54) is 23.1 Å². The molecule has 0 saturated carbocycles. The van der Waals surface area contributed by atoms with E-state index in [0.29, 0.717) is 5.01 Å². The average molecular weight is 313 g/mol. The number of hydrogen-bond donors (Lipinski definition) is 3. The van der Waals surface area contributed by atoms with E-state index in [-0.39, 0.29) is 23.8 Å². The molecule has 0 aliphatic rings. The first-order chi connectivity index (χ1) is 9.93. The van der Waals surface area contributed by atoms with E-state index >= 15 is 0 Å². The molecule has 1 heterocycles. The lowest BCUT2D eigenvalue weighted by atomic mass is 10.1. The molecule has 1 aromatic rings. The lowest BCUT2D eigenvalue weighted by Crippen LogP contribution is -2.41. The van der Waals surface area contributed by atoms with E-state index in [0.717, 1.165) is 19.3 Å². The Kier molecular flexibility index (Phi) is 7.14. The van der Waals surface area contributed by atoms with Crippen LogP contribution in [0.15, 0.2) is 5.38 Å². The van der Waals surface area contributed by atoms with Gasteiger partial charge in [0.15, 0.2) is 5.69 Å². The maximum Gasteiger partial charge on any atom is 0.355 e. The summed E-state index contributed by atoms with van der Waals surface area (Å²) in [4.78, 5) is 26.6. The summed E-state index contributed by atoms with van der Waals surface area (Å²) in [7, 11) is 0. The second kappa shape index (κ2) is 8.61. The summed E-state index contributed by atoms with van der Waals surface area (Å²) in [5.41, 5.74) is 0.0111. The minimum atomic E-state index is -1.06. The van der Waals surface area contributed by atoms with Crippen molar-refractivity contribution in [2.75, 3.05) is 0 Å². The van der Waals surface area contributed by atoms with E-state index in [1.54, 1.807) is 6.92 Å². The van der Waals surface area contributed by atoms with Crippen LogP contribution in [0, 0.1) is 0 Å². The van der Waals surface area contributed by atoms with Gasteiger partial charge in [-0.1, -0.05) is 26.2 Å². The molecule has 0 aliphatic carbocycles. The Morgan fingerprint density at radius 3 is 2.62 bits per heavy atom. The highest BCUT2D eigenvalue weighted by Gasteiger charge is 2.16. The summed E-state index contributed by atoms with van der Waals surface area (Å²) in [6.45, 7) is 5.91. The highest BCUT2D eigenvalue weighted by molar-refractivity contribution is 7.09. The van der Waals surface area contributed by atoms with Crippen molar-refractivity contribution in [1.82, 2.24) is 15.6 Å². The number of aromatic carboxylic acids is 1. The van der Waals surface area contributed by atoms with Crippen LogP contribution in [0.4, 0.5) is 4.79 Å². The van der Waals surface area contributed by atoms with E-state index in [4.69, 9.17) is 5.11 Å². The van der Waals surface area contributed by atoms with Gasteiger partial charge in [0, 0.05) is 11.4 Å². The summed E-state index contributed by atoms with van der Waals surface area (Å²) in [5.74, 6) is -1.06. The normalized spacial score (nSPS) is 13.5. The van der Waals surface area contributed by atoms with Gasteiger partial charge in [0.1, 0.15) is 5.01 Å². The molecule has 0 bridgehead atoms. The number of carboxylic acids is 1. The molecule has 2 unspecified atom stereocenters. The quantitative estimate of drug-likeness (QED) is 0.643. The summed E-state index contributed by atoms with van der Waals surface area (Å²) >= 11 is 1.23. The van der Waals surface area contributed by atoms with Gasteiger partial charge in [-0.2, -0.15) is 0 Å². The van der Waals surface area contributed by atoms with Crippen LogP contribution >= 0.6 is 11.3 Å². The fourth-order valence-corrected chi connectivity index (χ4v) is 2.68. The van der Waals surface area contributed by atoms with Gasteiger partial charge in [-0.25, -0.2) is 14.6 Å². The molecule has 118 valence electrons. The Morgan fingerprint density at radius 1 is 1.33 bits per heavy atom. The molecule has 2 atom stereocenters. The monoisotopic (exact) mass is 313 g/mol. The maximum atomic E-state index is 11.8. The van der Waals surface area contributed by atoms with Gasteiger partial charge in [0.05, 0.1) is 6.04 Å². The van der Waals surface area contributed by atoms with Crippen molar-refractivity contribution in [1.29, 1.82) is 0 Å². The van der Waals surface area contributed by atoms with Gasteiger partial charge in [-0.3, -0.25) is 0 Å². The summed E-state index contributed by atoms with van der Waals surface area (Å²) in [6.07, 6.45) is 4.38. The topological polar surface area (TPSA) is 91.3 Å². The largest absolute Gasteiger partial charge is 0.476 e. The number of carbonyl (C=O) groups is 2. The molecule has 6 nitrogen and oxygen atoms in total. The van der Waals surface area contributed by atoms with E-state index < -0.39 is 5.97 Å². The number of unbranched alkanes of at least 4 members (excludes halogenated alkanes) is 2. The summed E-state index contributed by atoms with van der Waals surface area (Å²) in [6, 6.07) is -0.445.